The van der Waals surface area contributed by atoms with Crippen LogP contribution in [0.5, 0.6) is 5.75 Å². The molecule has 104 valence electrons. The van der Waals surface area contributed by atoms with Gasteiger partial charge in [0.1, 0.15) is 5.75 Å². The number of aryl methyl sites for hydroxylation is 1. The molecule has 0 saturated heterocycles. The molecule has 2 N–H and O–H groups in total. The number of fused-ring (bicyclic) bond motifs is 1. The average Bonchev–Trinajstić information content (AvgIpc) is 2.92. The second-order valence-corrected chi connectivity index (χ2v) is 6.37. The zero-order valence-electron chi connectivity index (χ0n) is 11.3. The van der Waals surface area contributed by atoms with Gasteiger partial charge in [-0.15, -0.1) is 0 Å². The predicted molar refractivity (Wildman–Crippen MR) is 90.0 cm³/mol. The van der Waals surface area contributed by atoms with Crippen LogP contribution in [0.3, 0.4) is 0 Å². The van der Waals surface area contributed by atoms with Crippen molar-refractivity contribution in [1.82, 2.24) is 0 Å². The average molecular weight is 379 g/mol. The third-order valence-electron chi connectivity index (χ3n) is 3.80. The zero-order chi connectivity index (χ0) is 13.9. The van der Waals surface area contributed by atoms with Gasteiger partial charge < -0.3 is 10.5 Å². The lowest BCUT2D eigenvalue weighted by Crippen LogP contribution is -2.12. The summed E-state index contributed by atoms with van der Waals surface area (Å²) in [5, 5.41) is 0. The number of rotatable bonds is 4. The number of halogens is 1. The first-order valence-electron chi connectivity index (χ1n) is 6.98. The van der Waals surface area contributed by atoms with Gasteiger partial charge in [-0.2, -0.15) is 0 Å². The molecule has 1 heterocycles. The van der Waals surface area contributed by atoms with Crippen LogP contribution in [0.4, 0.5) is 0 Å². The maximum absolute atomic E-state index is 6.33. The monoisotopic (exact) mass is 379 g/mol. The van der Waals surface area contributed by atoms with E-state index in [1.165, 1.54) is 20.3 Å². The molecule has 3 heteroatoms. The summed E-state index contributed by atoms with van der Waals surface area (Å²) in [6.45, 7) is 0.820. The number of benzene rings is 2. The van der Waals surface area contributed by atoms with Crippen molar-refractivity contribution in [2.75, 3.05) is 6.61 Å². The van der Waals surface area contributed by atoms with E-state index in [2.05, 4.69) is 65.1 Å². The third-order valence-corrected chi connectivity index (χ3v) is 4.78. The summed E-state index contributed by atoms with van der Waals surface area (Å²) in [6.07, 6.45) is 3.02. The van der Waals surface area contributed by atoms with Crippen molar-refractivity contribution in [3.8, 4) is 5.75 Å². The number of hydrogen-bond acceptors (Lipinski definition) is 2. The van der Waals surface area contributed by atoms with E-state index in [0.29, 0.717) is 0 Å². The van der Waals surface area contributed by atoms with Crippen molar-refractivity contribution in [1.29, 1.82) is 0 Å². The van der Waals surface area contributed by atoms with E-state index in [9.17, 15) is 0 Å². The fourth-order valence-electron chi connectivity index (χ4n) is 2.65. The van der Waals surface area contributed by atoms with Crippen LogP contribution < -0.4 is 10.5 Å². The second kappa shape index (κ2) is 6.14. The van der Waals surface area contributed by atoms with Gasteiger partial charge >= 0.3 is 0 Å². The Labute approximate surface area is 133 Å². The van der Waals surface area contributed by atoms with Crippen LogP contribution >= 0.6 is 22.6 Å². The van der Waals surface area contributed by atoms with Crippen molar-refractivity contribution >= 4 is 22.6 Å². The molecule has 0 amide bonds. The Bertz CT molecular complexity index is 612. The Morgan fingerprint density at radius 3 is 2.90 bits per heavy atom. The number of nitrogens with two attached hydrogens (primary N) is 1. The molecule has 1 aliphatic heterocycles. The number of ether oxygens (including phenoxy) is 1. The van der Waals surface area contributed by atoms with Crippen LogP contribution in [0.2, 0.25) is 0 Å². The predicted octanol–water partition coefficient (Wildman–Crippen LogP) is 3.86. The van der Waals surface area contributed by atoms with E-state index in [1.54, 1.807) is 0 Å². The lowest BCUT2D eigenvalue weighted by atomic mass is 9.98. The molecular formula is C17H18INO. The van der Waals surface area contributed by atoms with Crippen LogP contribution in [-0.4, -0.2) is 6.61 Å². The molecule has 1 aliphatic rings. The minimum absolute atomic E-state index is 0.104. The van der Waals surface area contributed by atoms with E-state index in [0.717, 1.165) is 31.6 Å². The summed E-state index contributed by atoms with van der Waals surface area (Å²) in [5.41, 5.74) is 10.3. The standard InChI is InChI=1S/C17H18INO/c18-15-4-2-1-3-14(15)16(19)7-5-12-6-8-17-13(11-12)9-10-20-17/h1-4,6,8,11,16H,5,7,9-10,19H2. The molecule has 2 aromatic carbocycles. The van der Waals surface area contributed by atoms with Gasteiger partial charge in [-0.25, -0.2) is 0 Å². The molecule has 2 nitrogen and oxygen atoms in total. The molecule has 0 spiro atoms. The molecule has 0 aromatic heterocycles. The molecular weight excluding hydrogens is 361 g/mol. The first kappa shape index (κ1) is 13.9. The fraction of sp³-hybridized carbons (Fsp3) is 0.294. The van der Waals surface area contributed by atoms with Gasteiger partial charge in [0, 0.05) is 16.0 Å². The molecule has 3 rings (SSSR count). The van der Waals surface area contributed by atoms with E-state index >= 15 is 0 Å². The molecule has 0 saturated carbocycles. The molecule has 0 radical (unpaired) electrons. The highest BCUT2D eigenvalue weighted by molar-refractivity contribution is 14.1. The van der Waals surface area contributed by atoms with Crippen molar-refractivity contribution in [3.05, 3.63) is 62.7 Å². The Morgan fingerprint density at radius 2 is 2.05 bits per heavy atom. The highest BCUT2D eigenvalue weighted by Crippen LogP contribution is 2.27. The largest absolute Gasteiger partial charge is 0.493 e. The SMILES string of the molecule is NC(CCc1ccc2c(c1)CCO2)c1ccccc1I. The van der Waals surface area contributed by atoms with Crippen molar-refractivity contribution < 1.29 is 4.74 Å². The Hall–Kier alpha value is -1.07. The first-order valence-corrected chi connectivity index (χ1v) is 8.06. The molecule has 20 heavy (non-hydrogen) atoms. The van der Waals surface area contributed by atoms with E-state index < -0.39 is 0 Å². The van der Waals surface area contributed by atoms with Gasteiger partial charge in [-0.05, 0) is 64.3 Å². The quantitative estimate of drug-likeness (QED) is 0.819. The van der Waals surface area contributed by atoms with E-state index in [4.69, 9.17) is 10.5 Å². The smallest absolute Gasteiger partial charge is 0.122 e. The first-order chi connectivity index (χ1) is 9.74. The highest BCUT2D eigenvalue weighted by atomic mass is 127. The van der Waals surface area contributed by atoms with Gasteiger partial charge in [-0.1, -0.05) is 30.3 Å². The molecule has 1 unspecified atom stereocenters. The molecule has 0 fully saturated rings. The van der Waals surface area contributed by atoms with Gasteiger partial charge in [0.25, 0.3) is 0 Å². The topological polar surface area (TPSA) is 35.2 Å². The minimum Gasteiger partial charge on any atom is -0.493 e. The normalized spacial score (nSPS) is 14.7. The summed E-state index contributed by atoms with van der Waals surface area (Å²) >= 11 is 2.36. The number of hydrogen-bond donors (Lipinski definition) is 1. The second-order valence-electron chi connectivity index (χ2n) is 5.21. The fourth-order valence-corrected chi connectivity index (χ4v) is 3.44. The van der Waals surface area contributed by atoms with E-state index in [1.807, 2.05) is 0 Å². The van der Waals surface area contributed by atoms with Crippen LogP contribution in [0.15, 0.2) is 42.5 Å². The summed E-state index contributed by atoms with van der Waals surface area (Å²) in [6, 6.07) is 15.0. The lowest BCUT2D eigenvalue weighted by molar-refractivity contribution is 0.357. The van der Waals surface area contributed by atoms with Crippen LogP contribution in [0, 0.1) is 3.57 Å². The maximum atomic E-state index is 6.33. The Kier molecular flexibility index (Phi) is 4.27. The molecule has 0 bridgehead atoms. The summed E-state index contributed by atoms with van der Waals surface area (Å²) in [4.78, 5) is 0. The van der Waals surface area contributed by atoms with Crippen LogP contribution in [-0.2, 0) is 12.8 Å². The lowest BCUT2D eigenvalue weighted by Gasteiger charge is -2.14. The molecule has 0 aliphatic carbocycles. The van der Waals surface area contributed by atoms with Gasteiger partial charge in [0.15, 0.2) is 0 Å². The van der Waals surface area contributed by atoms with E-state index in [-0.39, 0.29) is 6.04 Å². The van der Waals surface area contributed by atoms with Gasteiger partial charge in [0.05, 0.1) is 6.61 Å². The summed E-state index contributed by atoms with van der Waals surface area (Å²) in [7, 11) is 0. The van der Waals surface area contributed by atoms with Gasteiger partial charge in [-0.3, -0.25) is 0 Å². The third kappa shape index (κ3) is 2.99. The van der Waals surface area contributed by atoms with Crippen molar-refractivity contribution in [2.24, 2.45) is 5.73 Å². The highest BCUT2D eigenvalue weighted by Gasteiger charge is 2.13. The Morgan fingerprint density at radius 1 is 1.20 bits per heavy atom. The maximum Gasteiger partial charge on any atom is 0.122 e. The van der Waals surface area contributed by atoms with Crippen molar-refractivity contribution in [3.63, 3.8) is 0 Å². The van der Waals surface area contributed by atoms with Crippen LogP contribution in [0.25, 0.3) is 0 Å². The molecule has 2 aromatic rings. The molecule has 1 atom stereocenters. The van der Waals surface area contributed by atoms with Gasteiger partial charge in [0.2, 0.25) is 0 Å². The minimum atomic E-state index is 0.104. The zero-order valence-corrected chi connectivity index (χ0v) is 13.5. The van der Waals surface area contributed by atoms with Crippen molar-refractivity contribution in [2.45, 2.75) is 25.3 Å². The summed E-state index contributed by atoms with van der Waals surface area (Å²) in [5.74, 6) is 1.05. The summed E-state index contributed by atoms with van der Waals surface area (Å²) < 4.78 is 6.79. The Balaban J connectivity index is 1.66. The van der Waals surface area contributed by atoms with Crippen LogP contribution in [0.1, 0.15) is 29.2 Å².